The van der Waals surface area contributed by atoms with Crippen LogP contribution in [0, 0.1) is 11.3 Å². The molecule has 1 atom stereocenters. The average molecular weight is 356 g/mol. The molecule has 5 heteroatoms. The third-order valence-corrected chi connectivity index (χ3v) is 6.17. The Morgan fingerprint density at radius 3 is 2.48 bits per heavy atom. The molecule has 25 heavy (non-hydrogen) atoms. The summed E-state index contributed by atoms with van der Waals surface area (Å²) in [4.78, 5) is 25.7. The lowest BCUT2D eigenvalue weighted by Crippen LogP contribution is -2.27. The van der Waals surface area contributed by atoms with Gasteiger partial charge >= 0.3 is 0 Å². The van der Waals surface area contributed by atoms with Crippen LogP contribution in [0.15, 0.2) is 30.3 Å². The van der Waals surface area contributed by atoms with Crippen LogP contribution < -0.4 is 11.1 Å². The van der Waals surface area contributed by atoms with Crippen LogP contribution in [0.5, 0.6) is 0 Å². The topological polar surface area (TPSA) is 72.2 Å². The zero-order chi connectivity index (χ0) is 18.2. The number of benzene rings is 1. The molecule has 4 nitrogen and oxygen atoms in total. The number of primary amides is 1. The molecule has 1 aliphatic rings. The van der Waals surface area contributed by atoms with Crippen molar-refractivity contribution in [2.24, 2.45) is 17.1 Å². The number of nitrogens with one attached hydrogen (secondary N) is 1. The molecule has 0 aliphatic heterocycles. The molecular formula is C20H24N2O2S. The molecule has 1 aromatic heterocycles. The van der Waals surface area contributed by atoms with E-state index in [9.17, 15) is 9.59 Å². The van der Waals surface area contributed by atoms with E-state index in [2.05, 4.69) is 26.1 Å². The van der Waals surface area contributed by atoms with Gasteiger partial charge in [0.1, 0.15) is 5.00 Å². The second-order valence-electron chi connectivity index (χ2n) is 7.70. The minimum absolute atomic E-state index is 0.214. The molecule has 0 saturated heterocycles. The highest BCUT2D eigenvalue weighted by Gasteiger charge is 2.33. The van der Waals surface area contributed by atoms with Gasteiger partial charge in [-0.2, -0.15) is 0 Å². The molecule has 3 N–H and O–H groups in total. The molecule has 0 radical (unpaired) electrons. The van der Waals surface area contributed by atoms with Crippen LogP contribution in [-0.2, 0) is 12.8 Å². The van der Waals surface area contributed by atoms with Crippen molar-refractivity contribution in [3.8, 4) is 0 Å². The lowest BCUT2D eigenvalue weighted by Gasteiger charge is -2.33. The molecule has 1 aromatic carbocycles. The number of hydrogen-bond donors (Lipinski definition) is 2. The summed E-state index contributed by atoms with van der Waals surface area (Å²) in [6.45, 7) is 6.76. The predicted molar refractivity (Wildman–Crippen MR) is 102 cm³/mol. The number of thiophene rings is 1. The summed E-state index contributed by atoms with van der Waals surface area (Å²) >= 11 is 1.50. The zero-order valence-electron chi connectivity index (χ0n) is 14.9. The molecule has 1 aliphatic carbocycles. The van der Waals surface area contributed by atoms with Gasteiger partial charge in [-0.3, -0.25) is 9.59 Å². The number of amides is 2. The lowest BCUT2D eigenvalue weighted by molar-refractivity contribution is 0.1000. The highest BCUT2D eigenvalue weighted by molar-refractivity contribution is 7.17. The number of fused-ring (bicyclic) bond motifs is 1. The van der Waals surface area contributed by atoms with Gasteiger partial charge in [0.15, 0.2) is 0 Å². The summed E-state index contributed by atoms with van der Waals surface area (Å²) in [6, 6.07) is 9.00. The van der Waals surface area contributed by atoms with E-state index in [0.717, 1.165) is 24.8 Å². The third-order valence-electron chi connectivity index (χ3n) is 5.00. The fourth-order valence-corrected chi connectivity index (χ4v) is 4.77. The standard InChI is InChI=1S/C20H24N2O2S/c1-20(2,3)13-9-10-14-15(11-13)25-19(16(14)17(21)23)22-18(24)12-7-5-4-6-8-12/h4-8,13H,9-11H2,1-3H3,(H2,21,23)(H,22,24). The van der Waals surface area contributed by atoms with Gasteiger partial charge in [-0.25, -0.2) is 0 Å². The van der Waals surface area contributed by atoms with Crippen molar-refractivity contribution >= 4 is 28.2 Å². The Morgan fingerprint density at radius 1 is 1.20 bits per heavy atom. The van der Waals surface area contributed by atoms with Gasteiger partial charge in [0, 0.05) is 10.4 Å². The van der Waals surface area contributed by atoms with Crippen molar-refractivity contribution in [1.29, 1.82) is 0 Å². The van der Waals surface area contributed by atoms with Gasteiger partial charge in [0.25, 0.3) is 11.8 Å². The average Bonchev–Trinajstić information content (AvgIpc) is 2.91. The number of anilines is 1. The highest BCUT2D eigenvalue weighted by Crippen LogP contribution is 2.44. The lowest BCUT2D eigenvalue weighted by atomic mass is 9.72. The van der Waals surface area contributed by atoms with E-state index in [1.807, 2.05) is 18.2 Å². The number of nitrogens with two attached hydrogens (primary N) is 1. The summed E-state index contributed by atoms with van der Waals surface area (Å²) in [5.41, 5.74) is 7.95. The maximum absolute atomic E-state index is 12.5. The molecule has 3 rings (SSSR count). The Kier molecular flexibility index (Phi) is 4.69. The minimum atomic E-state index is -0.463. The van der Waals surface area contributed by atoms with Crippen molar-refractivity contribution in [2.75, 3.05) is 5.32 Å². The number of rotatable bonds is 3. The van der Waals surface area contributed by atoms with Gasteiger partial charge in [-0.15, -0.1) is 11.3 Å². The molecule has 0 spiro atoms. The van der Waals surface area contributed by atoms with Gasteiger partial charge in [0.2, 0.25) is 0 Å². The van der Waals surface area contributed by atoms with Crippen LogP contribution in [0.2, 0.25) is 0 Å². The first-order valence-electron chi connectivity index (χ1n) is 8.58. The van der Waals surface area contributed by atoms with Crippen LogP contribution in [0.1, 0.15) is 58.3 Å². The second kappa shape index (κ2) is 6.64. The molecule has 1 unspecified atom stereocenters. The number of carbonyl (C=O) groups excluding carboxylic acids is 2. The fourth-order valence-electron chi connectivity index (χ4n) is 3.44. The Bertz CT molecular complexity index is 803. The first kappa shape index (κ1) is 17.7. The van der Waals surface area contributed by atoms with Crippen LogP contribution >= 0.6 is 11.3 Å². The third kappa shape index (κ3) is 3.61. The van der Waals surface area contributed by atoms with E-state index >= 15 is 0 Å². The van der Waals surface area contributed by atoms with Gasteiger partial charge in [-0.05, 0) is 48.3 Å². The molecular weight excluding hydrogens is 332 g/mol. The van der Waals surface area contributed by atoms with Crippen LogP contribution in [0.4, 0.5) is 5.00 Å². The largest absolute Gasteiger partial charge is 0.365 e. The molecule has 0 bridgehead atoms. The van der Waals surface area contributed by atoms with Crippen molar-refractivity contribution in [3.63, 3.8) is 0 Å². The van der Waals surface area contributed by atoms with Crippen molar-refractivity contribution < 1.29 is 9.59 Å². The number of hydrogen-bond acceptors (Lipinski definition) is 3. The van der Waals surface area contributed by atoms with Crippen molar-refractivity contribution in [2.45, 2.75) is 40.0 Å². The first-order valence-corrected chi connectivity index (χ1v) is 9.39. The van der Waals surface area contributed by atoms with Crippen LogP contribution in [0.3, 0.4) is 0 Å². The van der Waals surface area contributed by atoms with Gasteiger partial charge in [0.05, 0.1) is 5.56 Å². The van der Waals surface area contributed by atoms with E-state index in [4.69, 9.17) is 5.73 Å². The van der Waals surface area contributed by atoms with E-state index < -0.39 is 5.91 Å². The Morgan fingerprint density at radius 2 is 1.88 bits per heavy atom. The molecule has 132 valence electrons. The summed E-state index contributed by atoms with van der Waals surface area (Å²) in [5, 5.41) is 3.48. The zero-order valence-corrected chi connectivity index (χ0v) is 15.7. The number of carbonyl (C=O) groups is 2. The molecule has 2 aromatic rings. The van der Waals surface area contributed by atoms with E-state index in [1.165, 1.54) is 16.2 Å². The molecule has 1 heterocycles. The van der Waals surface area contributed by atoms with Gasteiger partial charge in [-0.1, -0.05) is 39.0 Å². The second-order valence-corrected chi connectivity index (χ2v) is 8.80. The van der Waals surface area contributed by atoms with Crippen LogP contribution in [-0.4, -0.2) is 11.8 Å². The van der Waals surface area contributed by atoms with Gasteiger partial charge < -0.3 is 11.1 Å². The predicted octanol–water partition coefficient (Wildman–Crippen LogP) is 4.25. The summed E-state index contributed by atoms with van der Waals surface area (Å²) in [6.07, 6.45) is 2.82. The monoisotopic (exact) mass is 356 g/mol. The first-order chi connectivity index (χ1) is 11.8. The molecule has 2 amide bonds. The fraction of sp³-hybridized carbons (Fsp3) is 0.400. The van der Waals surface area contributed by atoms with Crippen molar-refractivity contribution in [1.82, 2.24) is 0 Å². The Labute approximate surface area is 152 Å². The Hall–Kier alpha value is -2.14. The maximum Gasteiger partial charge on any atom is 0.256 e. The SMILES string of the molecule is CC(C)(C)C1CCc2c(sc(NC(=O)c3ccccc3)c2C(N)=O)C1. The van der Waals surface area contributed by atoms with E-state index in [0.29, 0.717) is 22.0 Å². The highest BCUT2D eigenvalue weighted by atomic mass is 32.1. The molecule has 0 fully saturated rings. The van der Waals surface area contributed by atoms with E-state index in [-0.39, 0.29) is 11.3 Å². The van der Waals surface area contributed by atoms with E-state index in [1.54, 1.807) is 12.1 Å². The van der Waals surface area contributed by atoms with Crippen LogP contribution in [0.25, 0.3) is 0 Å². The Balaban J connectivity index is 1.92. The summed E-state index contributed by atoms with van der Waals surface area (Å²) < 4.78 is 0. The maximum atomic E-state index is 12.5. The normalized spacial score (nSPS) is 17.0. The minimum Gasteiger partial charge on any atom is -0.365 e. The quantitative estimate of drug-likeness (QED) is 0.863. The van der Waals surface area contributed by atoms with Crippen molar-refractivity contribution in [3.05, 3.63) is 51.9 Å². The summed E-state index contributed by atoms with van der Waals surface area (Å²) in [5.74, 6) is -0.110. The summed E-state index contributed by atoms with van der Waals surface area (Å²) in [7, 11) is 0. The molecule has 0 saturated carbocycles. The smallest absolute Gasteiger partial charge is 0.256 e.